The highest BCUT2D eigenvalue weighted by atomic mass is 16.9. The van der Waals surface area contributed by atoms with Crippen LogP contribution < -0.4 is 4.74 Å². The van der Waals surface area contributed by atoms with Gasteiger partial charge in [0, 0.05) is 22.6 Å². The number of hydrogen-bond donors (Lipinski definition) is 0. The minimum absolute atomic E-state index is 0.0631. The first-order valence-electron chi connectivity index (χ1n) is 18.0. The van der Waals surface area contributed by atoms with Gasteiger partial charge in [-0.1, -0.05) is 54.6 Å². The van der Waals surface area contributed by atoms with E-state index in [2.05, 4.69) is 17.0 Å². The summed E-state index contributed by atoms with van der Waals surface area (Å²) in [6, 6.07) is 23.3. The van der Waals surface area contributed by atoms with Crippen molar-refractivity contribution in [2.24, 2.45) is 0 Å². The monoisotopic (exact) mass is 690 g/mol. The van der Waals surface area contributed by atoms with E-state index in [1.54, 1.807) is 0 Å². The molecule has 6 aliphatic heterocycles. The van der Waals surface area contributed by atoms with Crippen molar-refractivity contribution in [2.75, 3.05) is 6.54 Å². The van der Waals surface area contributed by atoms with Crippen molar-refractivity contribution < 1.29 is 33.3 Å². The van der Waals surface area contributed by atoms with Crippen LogP contribution >= 0.6 is 0 Å². The van der Waals surface area contributed by atoms with E-state index in [0.29, 0.717) is 18.7 Å². The molecule has 262 valence electrons. The fourth-order valence-corrected chi connectivity index (χ4v) is 11.0. The van der Waals surface area contributed by atoms with Crippen LogP contribution in [0.15, 0.2) is 72.8 Å². The summed E-state index contributed by atoms with van der Waals surface area (Å²) in [4.78, 5) is 27.5. The smallest absolute Gasteiger partial charge is 0.285 e. The fourth-order valence-electron chi connectivity index (χ4n) is 11.0. The van der Waals surface area contributed by atoms with Crippen molar-refractivity contribution in [1.29, 1.82) is 0 Å². The third-order valence-corrected chi connectivity index (χ3v) is 12.4. The van der Waals surface area contributed by atoms with E-state index in [4.69, 9.17) is 38.4 Å². The topological polar surface area (TPSA) is 128 Å². The van der Waals surface area contributed by atoms with Crippen LogP contribution in [-0.2, 0) is 29.2 Å². The molecule has 0 N–H and O–H groups in total. The SMILES string of the molecule is CC1(C)O[C@@H]2[C@H](O1)[C@H]([C@H]1Oc3ccccc3[C@@H]3[C@@]4(c5ccccc5-c5nc6ccccc6nc54)N4CCC[C@H]4[C@]13[N+](=O)[O-])O[C@H]1OC(C)(C)O[C@H]12. The number of ether oxygens (including phenoxy) is 6. The molecule has 1 spiro atoms. The highest BCUT2D eigenvalue weighted by Crippen LogP contribution is 2.71. The molecule has 0 bridgehead atoms. The molecule has 4 aromatic rings. The van der Waals surface area contributed by atoms with Gasteiger partial charge in [-0.15, -0.1) is 0 Å². The second-order valence-electron chi connectivity index (χ2n) is 15.9. The molecule has 12 nitrogen and oxygen atoms in total. The summed E-state index contributed by atoms with van der Waals surface area (Å²) in [5.41, 5.74) is 3.01. The first-order valence-corrected chi connectivity index (χ1v) is 18.0. The van der Waals surface area contributed by atoms with Gasteiger partial charge in [-0.2, -0.15) is 0 Å². The number of rotatable bonds is 2. The van der Waals surface area contributed by atoms with E-state index in [1.165, 1.54) is 0 Å². The second kappa shape index (κ2) is 9.88. The average molecular weight is 691 g/mol. The Balaban J connectivity index is 1.20. The van der Waals surface area contributed by atoms with Crippen LogP contribution in [-0.4, -0.2) is 86.3 Å². The minimum Gasteiger partial charge on any atom is -0.480 e. The molecule has 1 aromatic heterocycles. The van der Waals surface area contributed by atoms with Gasteiger partial charge >= 0.3 is 0 Å². The molecule has 1 aliphatic carbocycles. The molecule has 0 radical (unpaired) electrons. The van der Waals surface area contributed by atoms with E-state index in [1.807, 2.05) is 88.4 Å². The normalized spacial score (nSPS) is 39.1. The van der Waals surface area contributed by atoms with Crippen molar-refractivity contribution >= 4 is 11.0 Å². The van der Waals surface area contributed by atoms with E-state index in [-0.39, 0.29) is 4.92 Å². The Labute approximate surface area is 294 Å². The van der Waals surface area contributed by atoms with Gasteiger partial charge in [-0.3, -0.25) is 15.0 Å². The molecule has 10 atom stereocenters. The molecular weight excluding hydrogens is 652 g/mol. The lowest BCUT2D eigenvalue weighted by Gasteiger charge is -2.49. The van der Waals surface area contributed by atoms with E-state index in [0.717, 1.165) is 45.5 Å². The zero-order valence-electron chi connectivity index (χ0n) is 28.7. The highest BCUT2D eigenvalue weighted by molar-refractivity contribution is 5.85. The van der Waals surface area contributed by atoms with E-state index in [9.17, 15) is 10.1 Å². The third-order valence-electron chi connectivity index (χ3n) is 12.4. The Kier molecular flexibility index (Phi) is 5.92. The molecule has 5 saturated heterocycles. The lowest BCUT2D eigenvalue weighted by molar-refractivity contribution is -0.594. The molecule has 12 heteroatoms. The number of benzene rings is 3. The van der Waals surface area contributed by atoms with Gasteiger partial charge in [0.15, 0.2) is 24.0 Å². The van der Waals surface area contributed by atoms with Crippen molar-refractivity contribution in [3.63, 3.8) is 0 Å². The number of fused-ring (bicyclic) bond motifs is 16. The maximum absolute atomic E-state index is 14.6. The summed E-state index contributed by atoms with van der Waals surface area (Å²) in [7, 11) is 0. The summed E-state index contributed by atoms with van der Waals surface area (Å²) in [5.74, 6) is -2.10. The Morgan fingerprint density at radius 2 is 1.47 bits per heavy atom. The Morgan fingerprint density at radius 1 is 0.804 bits per heavy atom. The zero-order chi connectivity index (χ0) is 34.7. The number of para-hydroxylation sites is 3. The van der Waals surface area contributed by atoms with Gasteiger partial charge in [0.1, 0.15) is 35.7 Å². The van der Waals surface area contributed by atoms with Crippen molar-refractivity contribution in [2.45, 2.75) is 112 Å². The predicted molar refractivity (Wildman–Crippen MR) is 181 cm³/mol. The molecule has 11 rings (SSSR count). The fraction of sp³-hybridized carbons (Fsp3) is 0.487. The van der Waals surface area contributed by atoms with Crippen LogP contribution in [0.2, 0.25) is 0 Å². The summed E-state index contributed by atoms with van der Waals surface area (Å²) in [6.07, 6.45) is -3.42. The Hall–Kier alpha value is -4.04. The van der Waals surface area contributed by atoms with E-state index < -0.39 is 71.4 Å². The molecule has 0 unspecified atom stereocenters. The summed E-state index contributed by atoms with van der Waals surface area (Å²) in [6.45, 7) is 8.00. The maximum atomic E-state index is 14.6. The summed E-state index contributed by atoms with van der Waals surface area (Å²) < 4.78 is 39.6. The average Bonchev–Trinajstić information content (AvgIpc) is 3.90. The van der Waals surface area contributed by atoms with Crippen LogP contribution in [0, 0.1) is 10.1 Å². The molecule has 5 fully saturated rings. The molecule has 51 heavy (non-hydrogen) atoms. The van der Waals surface area contributed by atoms with Crippen LogP contribution in [0.25, 0.3) is 22.3 Å². The number of aromatic nitrogens is 2. The quantitative estimate of drug-likeness (QED) is 0.201. The largest absolute Gasteiger partial charge is 0.480 e. The van der Waals surface area contributed by atoms with Crippen LogP contribution in [0.4, 0.5) is 0 Å². The minimum atomic E-state index is -1.71. The molecule has 0 saturated carbocycles. The van der Waals surface area contributed by atoms with Gasteiger partial charge in [0.05, 0.1) is 34.4 Å². The predicted octanol–water partition coefficient (Wildman–Crippen LogP) is 5.29. The Bertz CT molecular complexity index is 2160. The molecule has 7 aliphatic rings. The van der Waals surface area contributed by atoms with Crippen molar-refractivity contribution in [3.05, 3.63) is 99.7 Å². The van der Waals surface area contributed by atoms with Crippen LogP contribution in [0.3, 0.4) is 0 Å². The summed E-state index contributed by atoms with van der Waals surface area (Å²) >= 11 is 0. The first-order chi connectivity index (χ1) is 24.5. The van der Waals surface area contributed by atoms with Gasteiger partial charge in [0.25, 0.3) is 5.54 Å². The van der Waals surface area contributed by atoms with Gasteiger partial charge in [-0.25, -0.2) is 9.97 Å². The van der Waals surface area contributed by atoms with Gasteiger partial charge in [0.2, 0.25) is 0 Å². The lowest BCUT2D eigenvalue weighted by Crippen LogP contribution is -2.71. The second-order valence-corrected chi connectivity index (χ2v) is 15.9. The zero-order valence-corrected chi connectivity index (χ0v) is 28.7. The molecular formula is C39H38N4O8. The van der Waals surface area contributed by atoms with Crippen molar-refractivity contribution in [1.82, 2.24) is 14.9 Å². The lowest BCUT2D eigenvalue weighted by atomic mass is 9.61. The first kappa shape index (κ1) is 30.6. The standard InChI is InChI=1S/C39H38N4O8/c1-36(2)48-28-29(49-36)31-35(51-37(3,4)50-31)47-30(28)34-39(43(44)45)26-18-11-19-42(26)38(32(39)21-13-6-10-17-25(21)46-34)22-14-7-5-12-20(22)27-33(38)41-24-16-9-8-15-23(24)40-27/h5-10,12-17,26,28-32,34-35H,11,18-19H2,1-4H3/t26-,28-,29+,30+,31-,32+,34+,35-,38+,39+/m0/s1. The molecule has 3 aromatic carbocycles. The number of nitrogens with zero attached hydrogens (tertiary/aromatic N) is 4. The Morgan fingerprint density at radius 3 is 2.27 bits per heavy atom. The maximum Gasteiger partial charge on any atom is 0.285 e. The van der Waals surface area contributed by atoms with Gasteiger partial charge < -0.3 is 28.4 Å². The molecule has 7 heterocycles. The number of nitro groups is 1. The van der Waals surface area contributed by atoms with Gasteiger partial charge in [-0.05, 0) is 64.3 Å². The third kappa shape index (κ3) is 3.70. The summed E-state index contributed by atoms with van der Waals surface area (Å²) in [5, 5.41) is 14.6. The molecule has 0 amide bonds. The highest BCUT2D eigenvalue weighted by Gasteiger charge is 2.84. The van der Waals surface area contributed by atoms with Crippen LogP contribution in [0.1, 0.15) is 63.3 Å². The van der Waals surface area contributed by atoms with Crippen LogP contribution in [0.5, 0.6) is 5.75 Å². The number of hydrogen-bond acceptors (Lipinski definition) is 11. The van der Waals surface area contributed by atoms with E-state index >= 15 is 0 Å². The van der Waals surface area contributed by atoms with Crippen molar-refractivity contribution in [3.8, 4) is 17.0 Å².